The number of carboxylic acid groups (broad SMARTS) is 1. The van der Waals surface area contributed by atoms with Crippen LogP contribution in [0.25, 0.3) is 10.9 Å². The first kappa shape index (κ1) is 13.6. The zero-order valence-electron chi connectivity index (χ0n) is 11.6. The fourth-order valence-electron chi connectivity index (χ4n) is 2.94. The molecule has 0 radical (unpaired) electrons. The molecule has 1 fully saturated rings. The number of carbonyl (C=O) groups excluding carboxylic acids is 1. The van der Waals surface area contributed by atoms with E-state index in [9.17, 15) is 19.8 Å². The number of β-amino-alcohol motifs (C(OH)–C–C–N with tert-alkyl or cyclic N) is 1. The molecule has 0 saturated carbocycles. The van der Waals surface area contributed by atoms with Crippen molar-refractivity contribution in [3.8, 4) is 0 Å². The van der Waals surface area contributed by atoms with Crippen molar-refractivity contribution < 1.29 is 19.8 Å². The number of aliphatic hydroxyl groups excluding tert-OH is 1. The Morgan fingerprint density at radius 3 is 2.71 bits per heavy atom. The minimum Gasteiger partial charge on any atom is -0.480 e. The van der Waals surface area contributed by atoms with Gasteiger partial charge in [-0.3, -0.25) is 4.79 Å². The number of carbonyl (C=O) groups is 2. The van der Waals surface area contributed by atoms with Crippen LogP contribution >= 0.6 is 0 Å². The van der Waals surface area contributed by atoms with Crippen LogP contribution in [0, 0.1) is 0 Å². The van der Waals surface area contributed by atoms with Crippen molar-refractivity contribution in [2.45, 2.75) is 18.6 Å². The number of para-hydroxylation sites is 1. The van der Waals surface area contributed by atoms with Crippen molar-refractivity contribution in [3.05, 3.63) is 36.0 Å². The van der Waals surface area contributed by atoms with Crippen LogP contribution in [0.15, 0.2) is 30.5 Å². The molecule has 2 aromatic rings. The number of benzene rings is 1. The van der Waals surface area contributed by atoms with E-state index in [4.69, 9.17) is 0 Å². The maximum Gasteiger partial charge on any atom is 0.326 e. The molecule has 6 heteroatoms. The minimum absolute atomic E-state index is 0.0546. The number of likely N-dealkylation sites (tertiary alicyclic amines) is 1. The number of amides is 1. The van der Waals surface area contributed by atoms with E-state index in [0.29, 0.717) is 5.56 Å². The summed E-state index contributed by atoms with van der Waals surface area (Å²) >= 11 is 0. The maximum absolute atomic E-state index is 12.7. The highest BCUT2D eigenvalue weighted by Crippen LogP contribution is 2.26. The van der Waals surface area contributed by atoms with Crippen LogP contribution in [0.5, 0.6) is 0 Å². The quantitative estimate of drug-likeness (QED) is 0.858. The number of nitrogens with zero attached hydrogens (tertiary/aromatic N) is 2. The summed E-state index contributed by atoms with van der Waals surface area (Å²) in [5, 5.41) is 19.7. The van der Waals surface area contributed by atoms with Gasteiger partial charge in [0.2, 0.25) is 0 Å². The van der Waals surface area contributed by atoms with E-state index < -0.39 is 18.1 Å². The monoisotopic (exact) mass is 288 g/mol. The standard InChI is InChI=1S/C15H16N2O4/c1-16-8-11(10-4-2-3-5-12(10)16)14(19)17-7-9(18)6-13(17)15(20)21/h2-5,8-9,13,18H,6-7H2,1H3,(H,20,21)/t9-,13-/m1/s1. The van der Waals surface area contributed by atoms with Gasteiger partial charge < -0.3 is 19.7 Å². The number of aromatic nitrogens is 1. The first-order valence-electron chi connectivity index (χ1n) is 6.75. The maximum atomic E-state index is 12.7. The minimum atomic E-state index is -1.08. The summed E-state index contributed by atoms with van der Waals surface area (Å²) < 4.78 is 1.84. The molecular weight excluding hydrogens is 272 g/mol. The molecule has 1 aliphatic heterocycles. The van der Waals surface area contributed by atoms with Crippen LogP contribution in [-0.2, 0) is 11.8 Å². The second-order valence-corrected chi connectivity index (χ2v) is 5.37. The Morgan fingerprint density at radius 1 is 1.29 bits per heavy atom. The first-order valence-corrected chi connectivity index (χ1v) is 6.75. The summed E-state index contributed by atoms with van der Waals surface area (Å²) in [7, 11) is 1.84. The second-order valence-electron chi connectivity index (χ2n) is 5.37. The number of aryl methyl sites for hydroxylation is 1. The summed E-state index contributed by atoms with van der Waals surface area (Å²) in [4.78, 5) is 25.2. The van der Waals surface area contributed by atoms with Gasteiger partial charge in [-0.2, -0.15) is 0 Å². The molecule has 110 valence electrons. The van der Waals surface area contributed by atoms with Gasteiger partial charge in [0.1, 0.15) is 6.04 Å². The molecule has 2 heterocycles. The Bertz CT molecular complexity index is 722. The lowest BCUT2D eigenvalue weighted by atomic mass is 10.1. The molecule has 1 aliphatic rings. The Morgan fingerprint density at radius 2 is 2.00 bits per heavy atom. The van der Waals surface area contributed by atoms with Crippen LogP contribution in [0.1, 0.15) is 16.8 Å². The molecule has 1 amide bonds. The predicted octanol–water partition coefficient (Wildman–Crippen LogP) is 0.838. The van der Waals surface area contributed by atoms with E-state index in [1.807, 2.05) is 35.9 Å². The highest BCUT2D eigenvalue weighted by atomic mass is 16.4. The molecule has 0 unspecified atom stereocenters. The van der Waals surface area contributed by atoms with Gasteiger partial charge in [0.05, 0.1) is 11.7 Å². The fraction of sp³-hybridized carbons (Fsp3) is 0.333. The summed E-state index contributed by atoms with van der Waals surface area (Å²) in [6, 6.07) is 6.50. The molecule has 2 atom stereocenters. The molecular formula is C15H16N2O4. The predicted molar refractivity (Wildman–Crippen MR) is 76.0 cm³/mol. The van der Waals surface area contributed by atoms with Crippen molar-refractivity contribution in [1.82, 2.24) is 9.47 Å². The third-order valence-corrected chi connectivity index (χ3v) is 3.95. The van der Waals surface area contributed by atoms with Crippen molar-refractivity contribution in [2.24, 2.45) is 7.05 Å². The summed E-state index contributed by atoms with van der Waals surface area (Å²) in [5.41, 5.74) is 1.38. The number of hydrogen-bond donors (Lipinski definition) is 2. The molecule has 21 heavy (non-hydrogen) atoms. The molecule has 1 saturated heterocycles. The average molecular weight is 288 g/mol. The van der Waals surface area contributed by atoms with E-state index in [2.05, 4.69) is 0 Å². The lowest BCUT2D eigenvalue weighted by Gasteiger charge is -2.20. The molecule has 3 rings (SSSR count). The lowest BCUT2D eigenvalue weighted by Crippen LogP contribution is -2.40. The molecule has 2 N–H and O–H groups in total. The Balaban J connectivity index is 2.02. The van der Waals surface area contributed by atoms with Gasteiger partial charge in [0.15, 0.2) is 0 Å². The van der Waals surface area contributed by atoms with Crippen molar-refractivity contribution in [1.29, 1.82) is 0 Å². The van der Waals surface area contributed by atoms with Gasteiger partial charge >= 0.3 is 5.97 Å². The summed E-state index contributed by atoms with van der Waals surface area (Å²) in [6.45, 7) is 0.0546. The van der Waals surface area contributed by atoms with Gasteiger partial charge in [0, 0.05) is 37.1 Å². The molecule has 6 nitrogen and oxygen atoms in total. The van der Waals surface area contributed by atoms with Gasteiger partial charge in [0.25, 0.3) is 5.91 Å². The van der Waals surface area contributed by atoms with Gasteiger partial charge in [-0.1, -0.05) is 18.2 Å². The van der Waals surface area contributed by atoms with E-state index in [-0.39, 0.29) is 18.9 Å². The van der Waals surface area contributed by atoms with Crippen molar-refractivity contribution in [2.75, 3.05) is 6.54 Å². The second kappa shape index (κ2) is 4.89. The zero-order valence-corrected chi connectivity index (χ0v) is 11.6. The van der Waals surface area contributed by atoms with E-state index in [1.165, 1.54) is 4.90 Å². The highest BCUT2D eigenvalue weighted by Gasteiger charge is 2.39. The highest BCUT2D eigenvalue weighted by molar-refractivity contribution is 6.08. The van der Waals surface area contributed by atoms with E-state index >= 15 is 0 Å². The summed E-state index contributed by atoms with van der Waals surface area (Å²) in [6.07, 6.45) is 0.993. The largest absolute Gasteiger partial charge is 0.480 e. The normalized spacial score (nSPS) is 21.9. The topological polar surface area (TPSA) is 82.8 Å². The van der Waals surface area contributed by atoms with Crippen molar-refractivity contribution >= 4 is 22.8 Å². The number of carboxylic acids is 1. The third kappa shape index (κ3) is 2.17. The van der Waals surface area contributed by atoms with E-state index in [0.717, 1.165) is 10.9 Å². The van der Waals surface area contributed by atoms with Gasteiger partial charge in [-0.25, -0.2) is 4.79 Å². The SMILES string of the molecule is Cn1cc(C(=O)N2C[C@H](O)C[C@@H]2C(=O)O)c2ccccc21. The van der Waals surface area contributed by atoms with Crippen LogP contribution in [0.4, 0.5) is 0 Å². The number of rotatable bonds is 2. The Hall–Kier alpha value is -2.34. The number of aliphatic hydroxyl groups is 1. The number of aliphatic carboxylic acids is 1. The van der Waals surface area contributed by atoms with Gasteiger partial charge in [-0.15, -0.1) is 0 Å². The molecule has 0 spiro atoms. The third-order valence-electron chi connectivity index (χ3n) is 3.95. The number of hydrogen-bond acceptors (Lipinski definition) is 3. The van der Waals surface area contributed by atoms with E-state index in [1.54, 1.807) is 6.20 Å². The zero-order chi connectivity index (χ0) is 15.1. The molecule has 0 bridgehead atoms. The molecule has 1 aromatic heterocycles. The smallest absolute Gasteiger partial charge is 0.326 e. The number of fused-ring (bicyclic) bond motifs is 1. The Labute approximate surface area is 121 Å². The average Bonchev–Trinajstić information content (AvgIpc) is 3.00. The van der Waals surface area contributed by atoms with Crippen LogP contribution in [0.3, 0.4) is 0 Å². The van der Waals surface area contributed by atoms with Crippen molar-refractivity contribution in [3.63, 3.8) is 0 Å². The molecule has 0 aliphatic carbocycles. The van der Waals surface area contributed by atoms with Crippen LogP contribution in [0.2, 0.25) is 0 Å². The van der Waals surface area contributed by atoms with Gasteiger partial charge in [-0.05, 0) is 6.07 Å². The van der Waals surface area contributed by atoms with Crippen LogP contribution in [-0.4, -0.2) is 50.2 Å². The van der Waals surface area contributed by atoms with Crippen LogP contribution < -0.4 is 0 Å². The summed E-state index contributed by atoms with van der Waals surface area (Å²) in [5.74, 6) is -1.43. The Kier molecular flexibility index (Phi) is 3.17. The fourth-order valence-corrected chi connectivity index (χ4v) is 2.94. The molecule has 1 aromatic carbocycles. The first-order chi connectivity index (χ1) is 9.99. The lowest BCUT2D eigenvalue weighted by molar-refractivity contribution is -0.141.